The van der Waals surface area contributed by atoms with E-state index in [1.54, 1.807) is 4.90 Å². The number of aromatic nitrogens is 1. The first kappa shape index (κ1) is 17.7. The Morgan fingerprint density at radius 3 is 2.48 bits per heavy atom. The molecule has 3 rings (SSSR count). The molecule has 0 aromatic carbocycles. The highest BCUT2D eigenvalue weighted by Crippen LogP contribution is 2.20. The molecule has 2 amide bonds. The predicted molar refractivity (Wildman–Crippen MR) is 98.6 cm³/mol. The first-order valence-electron chi connectivity index (χ1n) is 9.51. The van der Waals surface area contributed by atoms with Crippen LogP contribution in [0.1, 0.15) is 51.4 Å². The van der Waals surface area contributed by atoms with E-state index in [2.05, 4.69) is 15.2 Å². The Hall–Kier alpha value is -2.11. The Balaban J connectivity index is 1.52. The van der Waals surface area contributed by atoms with Crippen LogP contribution >= 0.6 is 0 Å². The van der Waals surface area contributed by atoms with Crippen LogP contribution in [-0.4, -0.2) is 47.9 Å². The Morgan fingerprint density at radius 2 is 1.72 bits per heavy atom. The lowest BCUT2D eigenvalue weighted by atomic mass is 10.1. The van der Waals surface area contributed by atoms with E-state index >= 15 is 0 Å². The zero-order valence-electron chi connectivity index (χ0n) is 14.9. The van der Waals surface area contributed by atoms with Crippen molar-refractivity contribution in [2.75, 3.05) is 36.4 Å². The minimum Gasteiger partial charge on any atom is -0.370 e. The van der Waals surface area contributed by atoms with Crippen LogP contribution in [-0.2, 0) is 9.59 Å². The summed E-state index contributed by atoms with van der Waals surface area (Å²) in [5, 5.41) is 2.81. The van der Waals surface area contributed by atoms with Gasteiger partial charge < -0.3 is 15.1 Å². The summed E-state index contributed by atoms with van der Waals surface area (Å²) in [5.74, 6) is 0.459. The Morgan fingerprint density at radius 1 is 1.00 bits per heavy atom. The number of carbonyl (C=O) groups excluding carboxylic acids is 2. The second-order valence-electron chi connectivity index (χ2n) is 6.98. The van der Waals surface area contributed by atoms with Crippen LogP contribution < -0.4 is 10.2 Å². The second-order valence-corrected chi connectivity index (χ2v) is 6.98. The fraction of sp³-hybridized carbons (Fsp3) is 0.632. The third-order valence-corrected chi connectivity index (χ3v) is 4.99. The molecule has 3 heterocycles. The number of amides is 2. The lowest BCUT2D eigenvalue weighted by molar-refractivity contribution is -0.135. The van der Waals surface area contributed by atoms with E-state index < -0.39 is 0 Å². The fourth-order valence-corrected chi connectivity index (χ4v) is 3.54. The quantitative estimate of drug-likeness (QED) is 0.912. The van der Waals surface area contributed by atoms with Crippen molar-refractivity contribution < 1.29 is 9.59 Å². The summed E-state index contributed by atoms with van der Waals surface area (Å²) < 4.78 is 0. The number of piperidine rings is 1. The molecule has 6 heteroatoms. The van der Waals surface area contributed by atoms with Gasteiger partial charge in [-0.05, 0) is 44.2 Å². The summed E-state index contributed by atoms with van der Waals surface area (Å²) >= 11 is 0. The molecule has 6 nitrogen and oxygen atoms in total. The Bertz CT molecular complexity index is 582. The number of hydrogen-bond acceptors (Lipinski definition) is 4. The highest BCUT2D eigenvalue weighted by Gasteiger charge is 2.18. The summed E-state index contributed by atoms with van der Waals surface area (Å²) in [6.07, 6.45) is 10.3. The Labute approximate surface area is 149 Å². The number of pyridine rings is 1. The molecule has 0 atom stereocenters. The van der Waals surface area contributed by atoms with Gasteiger partial charge in [0, 0.05) is 26.1 Å². The maximum absolute atomic E-state index is 12.3. The van der Waals surface area contributed by atoms with Crippen molar-refractivity contribution in [1.82, 2.24) is 9.88 Å². The zero-order valence-corrected chi connectivity index (χ0v) is 14.9. The van der Waals surface area contributed by atoms with E-state index in [0.29, 0.717) is 18.8 Å². The minimum atomic E-state index is -0.174. The minimum absolute atomic E-state index is 0.0863. The summed E-state index contributed by atoms with van der Waals surface area (Å²) in [6, 6.07) is 3.85. The first-order valence-corrected chi connectivity index (χ1v) is 9.51. The number of anilines is 2. The molecule has 1 N–H and O–H groups in total. The number of nitrogens with zero attached hydrogens (tertiary/aromatic N) is 3. The topological polar surface area (TPSA) is 65.5 Å². The van der Waals surface area contributed by atoms with Crippen molar-refractivity contribution in [2.24, 2.45) is 0 Å². The molecule has 0 aliphatic carbocycles. The number of rotatable bonds is 4. The lowest BCUT2D eigenvalue weighted by Crippen LogP contribution is -2.39. The van der Waals surface area contributed by atoms with Gasteiger partial charge >= 0.3 is 0 Å². The fourth-order valence-electron chi connectivity index (χ4n) is 3.54. The van der Waals surface area contributed by atoms with E-state index in [-0.39, 0.29) is 18.4 Å². The zero-order chi connectivity index (χ0) is 17.5. The maximum Gasteiger partial charge on any atom is 0.245 e. The van der Waals surface area contributed by atoms with Crippen LogP contribution in [0.2, 0.25) is 0 Å². The molecule has 0 unspecified atom stereocenters. The van der Waals surface area contributed by atoms with Gasteiger partial charge in [-0.3, -0.25) is 9.59 Å². The maximum atomic E-state index is 12.3. The molecule has 2 aliphatic rings. The van der Waals surface area contributed by atoms with Crippen molar-refractivity contribution in [1.29, 1.82) is 0 Å². The highest BCUT2D eigenvalue weighted by molar-refractivity contribution is 5.93. The van der Waals surface area contributed by atoms with Crippen LogP contribution in [0.4, 0.5) is 11.5 Å². The van der Waals surface area contributed by atoms with Gasteiger partial charge in [0.05, 0.1) is 18.4 Å². The largest absolute Gasteiger partial charge is 0.370 e. The SMILES string of the molecule is O=C(CN1CCCCCCC1=O)Nc1ccc(N2CCCCC2)cn1. The van der Waals surface area contributed by atoms with Gasteiger partial charge in [-0.15, -0.1) is 0 Å². The highest BCUT2D eigenvalue weighted by atomic mass is 16.2. The first-order chi connectivity index (χ1) is 12.2. The van der Waals surface area contributed by atoms with E-state index in [0.717, 1.165) is 44.5 Å². The predicted octanol–water partition coefficient (Wildman–Crippen LogP) is 2.80. The van der Waals surface area contributed by atoms with Gasteiger partial charge in [-0.2, -0.15) is 0 Å². The number of likely N-dealkylation sites (tertiary alicyclic amines) is 1. The van der Waals surface area contributed by atoms with Gasteiger partial charge in [-0.1, -0.05) is 12.8 Å². The lowest BCUT2D eigenvalue weighted by Gasteiger charge is -2.28. The molecule has 2 fully saturated rings. The van der Waals surface area contributed by atoms with Crippen molar-refractivity contribution in [3.8, 4) is 0 Å². The summed E-state index contributed by atoms with van der Waals surface area (Å²) in [7, 11) is 0. The monoisotopic (exact) mass is 344 g/mol. The van der Waals surface area contributed by atoms with Crippen LogP contribution in [0, 0.1) is 0 Å². The molecule has 25 heavy (non-hydrogen) atoms. The van der Waals surface area contributed by atoms with E-state index in [4.69, 9.17) is 0 Å². The molecular weight excluding hydrogens is 316 g/mol. The molecule has 2 saturated heterocycles. The van der Waals surface area contributed by atoms with Crippen LogP contribution in [0.5, 0.6) is 0 Å². The van der Waals surface area contributed by atoms with Crippen molar-refractivity contribution in [3.63, 3.8) is 0 Å². The molecule has 0 radical (unpaired) electrons. The van der Waals surface area contributed by atoms with E-state index in [1.165, 1.54) is 19.3 Å². The molecule has 1 aromatic heterocycles. The van der Waals surface area contributed by atoms with Crippen LogP contribution in [0.3, 0.4) is 0 Å². The summed E-state index contributed by atoms with van der Waals surface area (Å²) in [5.41, 5.74) is 1.11. The normalized spacial score (nSPS) is 19.3. The molecule has 2 aliphatic heterocycles. The molecule has 136 valence electrons. The van der Waals surface area contributed by atoms with E-state index in [9.17, 15) is 9.59 Å². The van der Waals surface area contributed by atoms with Gasteiger partial charge in [0.25, 0.3) is 0 Å². The van der Waals surface area contributed by atoms with Gasteiger partial charge in [0.15, 0.2) is 0 Å². The molecular formula is C19H28N4O2. The number of hydrogen-bond donors (Lipinski definition) is 1. The molecule has 0 saturated carbocycles. The summed E-state index contributed by atoms with van der Waals surface area (Å²) in [4.78, 5) is 32.7. The van der Waals surface area contributed by atoms with Gasteiger partial charge in [0.1, 0.15) is 5.82 Å². The van der Waals surface area contributed by atoms with Crippen molar-refractivity contribution in [2.45, 2.75) is 51.4 Å². The van der Waals surface area contributed by atoms with Crippen molar-refractivity contribution in [3.05, 3.63) is 18.3 Å². The number of carbonyl (C=O) groups is 2. The average Bonchev–Trinajstić information content (AvgIpc) is 2.63. The standard InChI is InChI=1S/C19H28N4O2/c24-18(15-23-13-5-2-1-4-8-19(23)25)21-17-10-9-16(14-20-17)22-11-6-3-7-12-22/h9-10,14H,1-8,11-13,15H2,(H,20,21,24). The molecule has 0 bridgehead atoms. The molecule has 0 spiro atoms. The smallest absolute Gasteiger partial charge is 0.245 e. The molecule has 1 aromatic rings. The second kappa shape index (κ2) is 8.83. The van der Waals surface area contributed by atoms with Crippen LogP contribution in [0.25, 0.3) is 0 Å². The number of nitrogens with one attached hydrogen (secondary N) is 1. The summed E-state index contributed by atoms with van der Waals surface area (Å²) in [6.45, 7) is 2.94. The third-order valence-electron chi connectivity index (χ3n) is 4.99. The van der Waals surface area contributed by atoms with Crippen molar-refractivity contribution >= 4 is 23.3 Å². The third kappa shape index (κ3) is 5.18. The average molecular weight is 344 g/mol. The van der Waals surface area contributed by atoms with Gasteiger partial charge in [-0.25, -0.2) is 4.98 Å². The van der Waals surface area contributed by atoms with E-state index in [1.807, 2.05) is 18.3 Å². The van der Waals surface area contributed by atoms with Crippen LogP contribution in [0.15, 0.2) is 18.3 Å². The Kier molecular flexibility index (Phi) is 6.25. The van der Waals surface area contributed by atoms with Gasteiger partial charge in [0.2, 0.25) is 11.8 Å².